The fraction of sp³-hybridized carbons (Fsp3) is 0.417. The van der Waals surface area contributed by atoms with Crippen LogP contribution in [0, 0.1) is 0 Å². The molecule has 88 valence electrons. The van der Waals surface area contributed by atoms with Crippen molar-refractivity contribution < 1.29 is 4.79 Å². The van der Waals surface area contributed by atoms with Crippen molar-refractivity contribution in [2.45, 2.75) is 32.7 Å². The predicted molar refractivity (Wildman–Crippen MR) is 67.4 cm³/mol. The third kappa shape index (κ3) is 2.89. The van der Waals surface area contributed by atoms with Crippen LogP contribution >= 0.6 is 0 Å². The van der Waals surface area contributed by atoms with E-state index in [9.17, 15) is 4.79 Å². The van der Waals surface area contributed by atoms with Gasteiger partial charge in [0.15, 0.2) is 0 Å². The number of rotatable bonds is 5. The lowest BCUT2D eigenvalue weighted by molar-refractivity contribution is 0.100. The van der Waals surface area contributed by atoms with Crippen LogP contribution in [-0.4, -0.2) is 11.9 Å². The van der Waals surface area contributed by atoms with Gasteiger partial charge in [-0.1, -0.05) is 19.4 Å². The van der Waals surface area contributed by atoms with E-state index in [1.54, 1.807) is 12.1 Å². The van der Waals surface area contributed by atoms with Crippen LogP contribution in [0.15, 0.2) is 18.2 Å². The number of nitrogens with two attached hydrogens (primary N) is 2. The van der Waals surface area contributed by atoms with Crippen LogP contribution in [0.2, 0.25) is 0 Å². The van der Waals surface area contributed by atoms with Crippen molar-refractivity contribution >= 4 is 17.3 Å². The Bertz CT molecular complexity index is 377. The summed E-state index contributed by atoms with van der Waals surface area (Å²) in [5, 5.41) is 3.27. The van der Waals surface area contributed by atoms with Gasteiger partial charge in [0, 0.05) is 6.04 Å². The maximum absolute atomic E-state index is 11.1. The minimum Gasteiger partial charge on any atom is -0.396 e. The zero-order valence-electron chi connectivity index (χ0n) is 9.79. The Morgan fingerprint density at radius 3 is 2.75 bits per heavy atom. The summed E-state index contributed by atoms with van der Waals surface area (Å²) in [6, 6.07) is 5.59. The number of hydrogen-bond donors (Lipinski definition) is 3. The van der Waals surface area contributed by atoms with Crippen LogP contribution in [0.25, 0.3) is 0 Å². The van der Waals surface area contributed by atoms with Gasteiger partial charge in [-0.25, -0.2) is 0 Å². The summed E-state index contributed by atoms with van der Waals surface area (Å²) in [7, 11) is 0. The minimum atomic E-state index is -0.496. The van der Waals surface area contributed by atoms with Gasteiger partial charge in [-0.2, -0.15) is 0 Å². The van der Waals surface area contributed by atoms with Gasteiger partial charge < -0.3 is 16.8 Å². The highest BCUT2D eigenvalue weighted by Crippen LogP contribution is 2.23. The van der Waals surface area contributed by atoms with E-state index >= 15 is 0 Å². The quantitative estimate of drug-likeness (QED) is 0.665. The molecule has 0 aromatic heterocycles. The van der Waals surface area contributed by atoms with Crippen molar-refractivity contribution in [1.29, 1.82) is 0 Å². The summed E-state index contributed by atoms with van der Waals surface area (Å²) < 4.78 is 0. The molecule has 0 heterocycles. The highest BCUT2D eigenvalue weighted by atomic mass is 16.1. The second-order valence-electron chi connectivity index (χ2n) is 3.97. The standard InChI is InChI=1S/C12H19N3O/c1-3-5-8(2)15-10-7-4-6-9(11(10)13)12(14)16/h4,6-8,15H,3,5,13H2,1-2H3,(H2,14,16). The number of para-hydroxylation sites is 1. The molecule has 1 unspecified atom stereocenters. The van der Waals surface area contributed by atoms with E-state index in [1.807, 2.05) is 6.07 Å². The monoisotopic (exact) mass is 221 g/mol. The first kappa shape index (κ1) is 12.4. The van der Waals surface area contributed by atoms with E-state index in [0.29, 0.717) is 17.3 Å². The Kier molecular flexibility index (Phi) is 4.17. The molecule has 0 aliphatic carbocycles. The molecule has 0 spiro atoms. The molecule has 0 saturated carbocycles. The average Bonchev–Trinajstić information content (AvgIpc) is 2.21. The number of hydrogen-bond acceptors (Lipinski definition) is 3. The fourth-order valence-electron chi connectivity index (χ4n) is 1.68. The van der Waals surface area contributed by atoms with Gasteiger partial charge in [-0.15, -0.1) is 0 Å². The van der Waals surface area contributed by atoms with Crippen molar-refractivity contribution in [3.05, 3.63) is 23.8 Å². The van der Waals surface area contributed by atoms with Gasteiger partial charge in [-0.3, -0.25) is 4.79 Å². The molecule has 1 atom stereocenters. The Morgan fingerprint density at radius 2 is 2.19 bits per heavy atom. The van der Waals surface area contributed by atoms with Crippen LogP contribution in [0.3, 0.4) is 0 Å². The topological polar surface area (TPSA) is 81.1 Å². The van der Waals surface area contributed by atoms with Crippen molar-refractivity contribution in [2.24, 2.45) is 5.73 Å². The molecule has 1 rings (SSSR count). The summed E-state index contributed by atoms with van der Waals surface area (Å²) in [6.45, 7) is 4.21. The van der Waals surface area contributed by atoms with Crippen LogP contribution < -0.4 is 16.8 Å². The number of carbonyl (C=O) groups excluding carboxylic acids is 1. The van der Waals surface area contributed by atoms with Crippen LogP contribution in [0.1, 0.15) is 37.0 Å². The zero-order valence-corrected chi connectivity index (χ0v) is 9.79. The first-order valence-electron chi connectivity index (χ1n) is 5.51. The van der Waals surface area contributed by atoms with Crippen LogP contribution in [0.4, 0.5) is 11.4 Å². The first-order valence-corrected chi connectivity index (χ1v) is 5.51. The third-order valence-electron chi connectivity index (χ3n) is 2.50. The lowest BCUT2D eigenvalue weighted by atomic mass is 10.1. The maximum atomic E-state index is 11.1. The van der Waals surface area contributed by atoms with Crippen molar-refractivity contribution in [2.75, 3.05) is 11.1 Å². The first-order chi connectivity index (χ1) is 7.56. The van der Waals surface area contributed by atoms with Gasteiger partial charge in [0.2, 0.25) is 0 Å². The normalized spacial score (nSPS) is 12.1. The largest absolute Gasteiger partial charge is 0.396 e. The zero-order chi connectivity index (χ0) is 12.1. The molecular formula is C12H19N3O. The smallest absolute Gasteiger partial charge is 0.250 e. The molecule has 1 aromatic carbocycles. The highest BCUT2D eigenvalue weighted by molar-refractivity contribution is 6.00. The number of nitrogens with one attached hydrogen (secondary N) is 1. The Morgan fingerprint density at radius 1 is 1.50 bits per heavy atom. The number of carbonyl (C=O) groups is 1. The Balaban J connectivity index is 2.89. The van der Waals surface area contributed by atoms with E-state index in [2.05, 4.69) is 19.2 Å². The summed E-state index contributed by atoms with van der Waals surface area (Å²) >= 11 is 0. The average molecular weight is 221 g/mol. The van der Waals surface area contributed by atoms with Crippen molar-refractivity contribution in [3.63, 3.8) is 0 Å². The van der Waals surface area contributed by atoms with E-state index < -0.39 is 5.91 Å². The highest BCUT2D eigenvalue weighted by Gasteiger charge is 2.10. The number of nitrogen functional groups attached to an aromatic ring is 1. The second-order valence-corrected chi connectivity index (χ2v) is 3.97. The maximum Gasteiger partial charge on any atom is 0.250 e. The van der Waals surface area contributed by atoms with Gasteiger partial charge in [0.05, 0.1) is 16.9 Å². The molecule has 4 nitrogen and oxygen atoms in total. The van der Waals surface area contributed by atoms with Crippen molar-refractivity contribution in [3.8, 4) is 0 Å². The molecule has 0 aliphatic heterocycles. The molecule has 0 radical (unpaired) electrons. The van der Waals surface area contributed by atoms with E-state index in [4.69, 9.17) is 11.5 Å². The van der Waals surface area contributed by atoms with Crippen molar-refractivity contribution in [1.82, 2.24) is 0 Å². The molecule has 4 heteroatoms. The van der Waals surface area contributed by atoms with Gasteiger partial charge in [0.25, 0.3) is 5.91 Å². The van der Waals surface area contributed by atoms with Crippen LogP contribution in [-0.2, 0) is 0 Å². The van der Waals surface area contributed by atoms with Gasteiger partial charge in [0.1, 0.15) is 0 Å². The summed E-state index contributed by atoms with van der Waals surface area (Å²) in [6.07, 6.45) is 2.16. The number of anilines is 2. The molecule has 1 amide bonds. The lowest BCUT2D eigenvalue weighted by Crippen LogP contribution is -2.18. The third-order valence-corrected chi connectivity index (χ3v) is 2.50. The predicted octanol–water partition coefficient (Wildman–Crippen LogP) is 1.97. The second kappa shape index (κ2) is 5.39. The molecule has 0 saturated heterocycles. The summed E-state index contributed by atoms with van der Waals surface area (Å²) in [5.74, 6) is -0.496. The number of primary amides is 1. The number of amides is 1. The van der Waals surface area contributed by atoms with Crippen LogP contribution in [0.5, 0.6) is 0 Å². The Labute approximate surface area is 96.0 Å². The van der Waals surface area contributed by atoms with Gasteiger partial charge >= 0.3 is 0 Å². The number of benzene rings is 1. The molecule has 0 fully saturated rings. The molecule has 5 N–H and O–H groups in total. The van der Waals surface area contributed by atoms with E-state index in [-0.39, 0.29) is 0 Å². The van der Waals surface area contributed by atoms with E-state index in [1.165, 1.54) is 0 Å². The Hall–Kier alpha value is -1.71. The molecule has 0 aliphatic rings. The molecular weight excluding hydrogens is 202 g/mol. The summed E-state index contributed by atoms with van der Waals surface area (Å²) in [5.41, 5.74) is 12.7. The molecule has 1 aromatic rings. The lowest BCUT2D eigenvalue weighted by Gasteiger charge is -2.17. The fourth-order valence-corrected chi connectivity index (χ4v) is 1.68. The summed E-state index contributed by atoms with van der Waals surface area (Å²) in [4.78, 5) is 11.1. The SMILES string of the molecule is CCCC(C)Nc1cccc(C(N)=O)c1N. The minimum absolute atomic E-state index is 0.329. The van der Waals surface area contributed by atoms with E-state index in [0.717, 1.165) is 18.5 Å². The molecule has 16 heavy (non-hydrogen) atoms. The van der Waals surface area contributed by atoms with Gasteiger partial charge in [-0.05, 0) is 25.5 Å². The molecule has 0 bridgehead atoms.